The Bertz CT molecular complexity index is 929. The molecular formula is C22H30N2O5S. The van der Waals surface area contributed by atoms with E-state index >= 15 is 0 Å². The van der Waals surface area contributed by atoms with Crippen molar-refractivity contribution in [2.24, 2.45) is 0 Å². The van der Waals surface area contributed by atoms with Crippen LogP contribution in [0.25, 0.3) is 0 Å². The predicted octanol–water partition coefficient (Wildman–Crippen LogP) is 3.13. The lowest BCUT2D eigenvalue weighted by atomic mass is 10.2. The van der Waals surface area contributed by atoms with Crippen molar-refractivity contribution in [2.75, 3.05) is 30.3 Å². The number of hydrogen-bond acceptors (Lipinski definition) is 5. The molecule has 0 radical (unpaired) electrons. The molecular weight excluding hydrogens is 404 g/mol. The van der Waals surface area contributed by atoms with Crippen molar-refractivity contribution in [3.8, 4) is 11.5 Å². The first-order valence-electron chi connectivity index (χ1n) is 9.89. The second kappa shape index (κ2) is 10.9. The molecule has 0 aromatic heterocycles. The minimum absolute atomic E-state index is 0.277. The van der Waals surface area contributed by atoms with E-state index < -0.39 is 15.9 Å². The van der Waals surface area contributed by atoms with Crippen LogP contribution in [0.15, 0.2) is 48.5 Å². The molecule has 2 rings (SSSR count). The average molecular weight is 435 g/mol. The Morgan fingerprint density at radius 2 is 1.77 bits per heavy atom. The maximum absolute atomic E-state index is 12.5. The van der Waals surface area contributed by atoms with Crippen molar-refractivity contribution >= 4 is 21.6 Å². The quantitative estimate of drug-likeness (QED) is 0.587. The van der Waals surface area contributed by atoms with Crippen molar-refractivity contribution in [1.82, 2.24) is 5.32 Å². The third-order valence-corrected chi connectivity index (χ3v) is 5.42. The predicted molar refractivity (Wildman–Crippen MR) is 119 cm³/mol. The molecule has 8 heteroatoms. The first-order chi connectivity index (χ1) is 14.2. The van der Waals surface area contributed by atoms with E-state index in [1.54, 1.807) is 31.2 Å². The Labute approximate surface area is 179 Å². The van der Waals surface area contributed by atoms with Gasteiger partial charge in [-0.15, -0.1) is 0 Å². The molecule has 0 aliphatic carbocycles. The zero-order chi connectivity index (χ0) is 22.1. The third kappa shape index (κ3) is 7.26. The number of carbonyl (C=O) groups excluding carboxylic acids is 1. The molecule has 30 heavy (non-hydrogen) atoms. The van der Waals surface area contributed by atoms with E-state index in [0.29, 0.717) is 18.0 Å². The van der Waals surface area contributed by atoms with Crippen molar-refractivity contribution < 1.29 is 22.7 Å². The maximum atomic E-state index is 12.5. The van der Waals surface area contributed by atoms with Gasteiger partial charge < -0.3 is 14.8 Å². The van der Waals surface area contributed by atoms with E-state index in [1.165, 1.54) is 0 Å². The minimum atomic E-state index is -3.64. The summed E-state index contributed by atoms with van der Waals surface area (Å²) in [4.78, 5) is 12.5. The monoisotopic (exact) mass is 434 g/mol. The topological polar surface area (TPSA) is 84.9 Å². The molecule has 1 amide bonds. The molecule has 0 heterocycles. The molecule has 0 fully saturated rings. The van der Waals surface area contributed by atoms with Crippen LogP contribution in [0.5, 0.6) is 11.5 Å². The third-order valence-electron chi connectivity index (χ3n) is 4.27. The van der Waals surface area contributed by atoms with Crippen LogP contribution in [0.1, 0.15) is 25.8 Å². The summed E-state index contributed by atoms with van der Waals surface area (Å²) in [5.74, 6) is 0.995. The van der Waals surface area contributed by atoms with E-state index in [1.807, 2.05) is 38.1 Å². The summed E-state index contributed by atoms with van der Waals surface area (Å²) in [7, 11) is -3.64. The minimum Gasteiger partial charge on any atom is -0.494 e. The Morgan fingerprint density at radius 1 is 1.10 bits per heavy atom. The lowest BCUT2D eigenvalue weighted by molar-refractivity contribution is -0.120. The normalized spacial score (nSPS) is 12.1. The van der Waals surface area contributed by atoms with Crippen molar-refractivity contribution in [3.05, 3.63) is 54.1 Å². The van der Waals surface area contributed by atoms with Crippen LogP contribution in [-0.4, -0.2) is 46.4 Å². The summed E-state index contributed by atoms with van der Waals surface area (Å²) in [6, 6.07) is 14.0. The zero-order valence-corrected chi connectivity index (χ0v) is 18.7. The summed E-state index contributed by atoms with van der Waals surface area (Å²) in [5, 5.41) is 2.79. The highest BCUT2D eigenvalue weighted by atomic mass is 32.2. The number of amides is 1. The molecule has 0 aliphatic rings. The van der Waals surface area contributed by atoms with Gasteiger partial charge in [0.05, 0.1) is 24.6 Å². The zero-order valence-electron chi connectivity index (χ0n) is 17.9. The molecule has 2 aromatic carbocycles. The number of para-hydroxylation sites is 1. The van der Waals surface area contributed by atoms with Gasteiger partial charge in [-0.05, 0) is 56.2 Å². The SMILES string of the molecule is CCCOc1ccc(N(CC(=O)N[C@@H](C)COc2ccccc2C)S(C)(=O)=O)cc1. The molecule has 7 nitrogen and oxygen atoms in total. The number of rotatable bonds is 11. The first kappa shape index (κ1) is 23.5. The van der Waals surface area contributed by atoms with E-state index in [4.69, 9.17) is 9.47 Å². The second-order valence-corrected chi connectivity index (χ2v) is 9.06. The Hall–Kier alpha value is -2.74. The number of sulfonamides is 1. The number of benzene rings is 2. The summed E-state index contributed by atoms with van der Waals surface area (Å²) in [5.41, 5.74) is 1.41. The molecule has 1 atom stereocenters. The Morgan fingerprint density at radius 3 is 2.37 bits per heavy atom. The van der Waals surface area contributed by atoms with Gasteiger partial charge in [0.1, 0.15) is 24.7 Å². The van der Waals surface area contributed by atoms with Gasteiger partial charge in [-0.25, -0.2) is 8.42 Å². The van der Waals surface area contributed by atoms with Crippen LogP contribution in [0.2, 0.25) is 0 Å². The standard InChI is InChI=1S/C22H30N2O5S/c1-5-14-28-20-12-10-19(11-13-20)24(30(4,26)27)15-22(25)23-18(3)16-29-21-9-7-6-8-17(21)2/h6-13,18H,5,14-16H2,1-4H3,(H,23,25)/t18-/m0/s1. The van der Waals surface area contributed by atoms with Gasteiger partial charge in [0.25, 0.3) is 0 Å². The van der Waals surface area contributed by atoms with Crippen LogP contribution < -0.4 is 19.1 Å². The van der Waals surface area contributed by atoms with Crippen molar-refractivity contribution in [1.29, 1.82) is 0 Å². The highest BCUT2D eigenvalue weighted by molar-refractivity contribution is 7.92. The van der Waals surface area contributed by atoms with Gasteiger partial charge in [0.15, 0.2) is 0 Å². The number of carbonyl (C=O) groups is 1. The fourth-order valence-corrected chi connectivity index (χ4v) is 3.61. The summed E-state index contributed by atoms with van der Waals surface area (Å²) < 4.78 is 36.8. The number of hydrogen-bond donors (Lipinski definition) is 1. The number of nitrogens with zero attached hydrogens (tertiary/aromatic N) is 1. The van der Waals surface area contributed by atoms with Gasteiger partial charge in [-0.2, -0.15) is 0 Å². The molecule has 0 bridgehead atoms. The Balaban J connectivity index is 1.97. The van der Waals surface area contributed by atoms with Crippen LogP contribution in [0, 0.1) is 6.92 Å². The highest BCUT2D eigenvalue weighted by Gasteiger charge is 2.22. The number of nitrogens with one attached hydrogen (secondary N) is 1. The molecule has 164 valence electrons. The molecule has 0 unspecified atom stereocenters. The lowest BCUT2D eigenvalue weighted by Crippen LogP contribution is -2.44. The molecule has 1 N–H and O–H groups in total. The van der Waals surface area contributed by atoms with Gasteiger partial charge in [0.2, 0.25) is 15.9 Å². The van der Waals surface area contributed by atoms with E-state index in [-0.39, 0.29) is 19.2 Å². The smallest absolute Gasteiger partial charge is 0.241 e. The average Bonchev–Trinajstić information content (AvgIpc) is 2.69. The van der Waals surface area contributed by atoms with Gasteiger partial charge in [-0.3, -0.25) is 9.10 Å². The van der Waals surface area contributed by atoms with Gasteiger partial charge in [0, 0.05) is 0 Å². The summed E-state index contributed by atoms with van der Waals surface area (Å²) >= 11 is 0. The van der Waals surface area contributed by atoms with Gasteiger partial charge in [-0.1, -0.05) is 25.1 Å². The largest absolute Gasteiger partial charge is 0.494 e. The lowest BCUT2D eigenvalue weighted by Gasteiger charge is -2.23. The van der Waals surface area contributed by atoms with Crippen LogP contribution >= 0.6 is 0 Å². The van der Waals surface area contributed by atoms with E-state index in [0.717, 1.165) is 28.3 Å². The summed E-state index contributed by atoms with van der Waals surface area (Å²) in [6.45, 7) is 6.30. The summed E-state index contributed by atoms with van der Waals surface area (Å²) in [6.07, 6.45) is 1.95. The second-order valence-electron chi connectivity index (χ2n) is 7.16. The number of ether oxygens (including phenoxy) is 2. The molecule has 0 aliphatic heterocycles. The number of aryl methyl sites for hydroxylation is 1. The highest BCUT2D eigenvalue weighted by Crippen LogP contribution is 2.22. The first-order valence-corrected chi connectivity index (χ1v) is 11.7. The molecule has 0 spiro atoms. The maximum Gasteiger partial charge on any atom is 0.241 e. The van der Waals surface area contributed by atoms with E-state index in [9.17, 15) is 13.2 Å². The van der Waals surface area contributed by atoms with Crippen LogP contribution in [-0.2, 0) is 14.8 Å². The fourth-order valence-electron chi connectivity index (χ4n) is 2.75. The van der Waals surface area contributed by atoms with Crippen LogP contribution in [0.3, 0.4) is 0 Å². The fraction of sp³-hybridized carbons (Fsp3) is 0.409. The van der Waals surface area contributed by atoms with Crippen LogP contribution in [0.4, 0.5) is 5.69 Å². The molecule has 0 saturated carbocycles. The van der Waals surface area contributed by atoms with Crippen molar-refractivity contribution in [2.45, 2.75) is 33.2 Å². The van der Waals surface area contributed by atoms with Gasteiger partial charge >= 0.3 is 0 Å². The number of anilines is 1. The Kier molecular flexibility index (Phi) is 8.53. The molecule has 2 aromatic rings. The van der Waals surface area contributed by atoms with Crippen molar-refractivity contribution in [3.63, 3.8) is 0 Å². The molecule has 0 saturated heterocycles. The van der Waals surface area contributed by atoms with E-state index in [2.05, 4.69) is 5.32 Å².